The Balaban J connectivity index is 1.38. The summed E-state index contributed by atoms with van der Waals surface area (Å²) in [4.78, 5) is 14.6. The molecule has 0 aliphatic carbocycles. The Morgan fingerprint density at radius 3 is 2.46 bits per heavy atom. The van der Waals surface area contributed by atoms with Gasteiger partial charge in [-0.25, -0.2) is 0 Å². The van der Waals surface area contributed by atoms with E-state index in [2.05, 4.69) is 76.7 Å². The van der Waals surface area contributed by atoms with Gasteiger partial charge in [-0.1, -0.05) is 61.5 Å². The van der Waals surface area contributed by atoms with E-state index >= 15 is 0 Å². The topological polar surface area (TPSA) is 56.3 Å². The molecule has 6 nitrogen and oxygen atoms in total. The van der Waals surface area contributed by atoms with Crippen LogP contribution in [-0.4, -0.2) is 34.7 Å². The van der Waals surface area contributed by atoms with Crippen LogP contribution in [0.1, 0.15) is 49.4 Å². The normalized spacial score (nSPS) is 18.5. The standard InChI is InChI=1S/C28H34N6S/c1-20-9-8-15-33(18-20)25-17-26(34-16-14-23-12-6-7-13-24(23)19-34)31-27(30-25)32-28(35)29-21(2)22-10-4-3-5-11-22/h3-7,10-13,17,20-21H,8-9,14-16,18-19H2,1-2H3,(H2,29,30,31,32,35)/t20-,21-/m0/s1. The molecule has 0 bridgehead atoms. The first-order valence-corrected chi connectivity index (χ1v) is 13.0. The van der Waals surface area contributed by atoms with Crippen LogP contribution in [-0.2, 0) is 13.0 Å². The fraction of sp³-hybridized carbons (Fsp3) is 0.393. The molecule has 0 spiro atoms. The third-order valence-electron chi connectivity index (χ3n) is 7.01. The van der Waals surface area contributed by atoms with Gasteiger partial charge in [0.05, 0.1) is 6.04 Å². The molecule has 0 unspecified atom stereocenters. The van der Waals surface area contributed by atoms with Gasteiger partial charge in [0.1, 0.15) is 11.6 Å². The molecule has 3 aromatic rings. The number of piperidine rings is 1. The first-order chi connectivity index (χ1) is 17.0. The Hall–Kier alpha value is -3.19. The van der Waals surface area contributed by atoms with Crippen molar-refractivity contribution in [3.05, 3.63) is 77.4 Å². The Morgan fingerprint density at radius 1 is 0.971 bits per heavy atom. The van der Waals surface area contributed by atoms with Crippen LogP contribution >= 0.6 is 12.2 Å². The quantitative estimate of drug-likeness (QED) is 0.473. The molecule has 182 valence electrons. The van der Waals surface area contributed by atoms with E-state index in [1.165, 1.54) is 29.5 Å². The van der Waals surface area contributed by atoms with Crippen LogP contribution in [0.4, 0.5) is 17.6 Å². The summed E-state index contributed by atoms with van der Waals surface area (Å²) in [5.74, 6) is 3.13. The number of benzene rings is 2. The lowest BCUT2D eigenvalue weighted by molar-refractivity contribution is 0.444. The predicted octanol–water partition coefficient (Wildman–Crippen LogP) is 5.32. The summed E-state index contributed by atoms with van der Waals surface area (Å²) in [6.07, 6.45) is 3.48. The first kappa shape index (κ1) is 23.5. The van der Waals surface area contributed by atoms with Gasteiger partial charge in [-0.3, -0.25) is 0 Å². The summed E-state index contributed by atoms with van der Waals surface area (Å²) in [7, 11) is 0. The van der Waals surface area contributed by atoms with E-state index in [0.717, 1.165) is 44.2 Å². The zero-order valence-electron chi connectivity index (χ0n) is 20.6. The molecule has 5 rings (SSSR count). The third-order valence-corrected chi connectivity index (χ3v) is 7.23. The summed E-state index contributed by atoms with van der Waals surface area (Å²) in [6.45, 7) is 8.27. The van der Waals surface area contributed by atoms with Gasteiger partial charge in [-0.2, -0.15) is 9.97 Å². The summed E-state index contributed by atoms with van der Waals surface area (Å²) in [5, 5.41) is 7.18. The van der Waals surface area contributed by atoms with Crippen molar-refractivity contribution in [2.45, 2.75) is 45.7 Å². The third kappa shape index (κ3) is 5.73. The average molecular weight is 487 g/mol. The van der Waals surface area contributed by atoms with Crippen LogP contribution in [0, 0.1) is 5.92 Å². The molecular weight excluding hydrogens is 452 g/mol. The van der Waals surface area contributed by atoms with Gasteiger partial charge < -0.3 is 20.4 Å². The molecule has 1 fully saturated rings. The van der Waals surface area contributed by atoms with Crippen molar-refractivity contribution in [3.8, 4) is 0 Å². The number of hydrogen-bond acceptors (Lipinski definition) is 5. The van der Waals surface area contributed by atoms with E-state index in [0.29, 0.717) is 17.0 Å². The Morgan fingerprint density at radius 2 is 1.69 bits per heavy atom. The molecule has 2 N–H and O–H groups in total. The minimum absolute atomic E-state index is 0.0837. The maximum absolute atomic E-state index is 5.65. The lowest BCUT2D eigenvalue weighted by atomic mass is 10.00. The number of fused-ring (bicyclic) bond motifs is 1. The average Bonchev–Trinajstić information content (AvgIpc) is 2.88. The second-order valence-electron chi connectivity index (χ2n) is 9.77. The van der Waals surface area contributed by atoms with E-state index in [9.17, 15) is 0 Å². The van der Waals surface area contributed by atoms with E-state index in [4.69, 9.17) is 22.2 Å². The molecule has 2 aliphatic rings. The highest BCUT2D eigenvalue weighted by atomic mass is 32.1. The Bertz CT molecular complexity index is 1170. The maximum Gasteiger partial charge on any atom is 0.232 e. The molecule has 7 heteroatoms. The number of hydrogen-bond donors (Lipinski definition) is 2. The van der Waals surface area contributed by atoms with Crippen molar-refractivity contribution >= 4 is 34.9 Å². The molecule has 3 heterocycles. The van der Waals surface area contributed by atoms with E-state index in [1.807, 2.05) is 18.2 Å². The van der Waals surface area contributed by atoms with Crippen molar-refractivity contribution in [2.24, 2.45) is 5.92 Å². The Kier molecular flexibility index (Phi) is 7.13. The molecule has 1 aromatic heterocycles. The van der Waals surface area contributed by atoms with Gasteiger partial charge in [0.15, 0.2) is 5.11 Å². The number of rotatable bonds is 5. The van der Waals surface area contributed by atoms with Crippen LogP contribution in [0.3, 0.4) is 0 Å². The van der Waals surface area contributed by atoms with Gasteiger partial charge >= 0.3 is 0 Å². The number of nitrogens with zero attached hydrogens (tertiary/aromatic N) is 4. The minimum atomic E-state index is 0.0837. The highest BCUT2D eigenvalue weighted by molar-refractivity contribution is 7.80. The number of aromatic nitrogens is 2. The minimum Gasteiger partial charge on any atom is -0.356 e. The fourth-order valence-corrected chi connectivity index (χ4v) is 5.32. The van der Waals surface area contributed by atoms with Crippen LogP contribution in [0.5, 0.6) is 0 Å². The zero-order chi connectivity index (χ0) is 24.2. The van der Waals surface area contributed by atoms with E-state index < -0.39 is 0 Å². The summed E-state index contributed by atoms with van der Waals surface area (Å²) >= 11 is 5.65. The van der Waals surface area contributed by atoms with Gasteiger partial charge in [0.2, 0.25) is 5.95 Å². The van der Waals surface area contributed by atoms with Crippen LogP contribution in [0.25, 0.3) is 0 Å². The number of anilines is 3. The maximum atomic E-state index is 5.65. The van der Waals surface area contributed by atoms with Gasteiger partial charge in [-0.15, -0.1) is 0 Å². The molecule has 0 radical (unpaired) electrons. The van der Waals surface area contributed by atoms with Crippen molar-refractivity contribution in [2.75, 3.05) is 34.8 Å². The van der Waals surface area contributed by atoms with Crippen molar-refractivity contribution < 1.29 is 0 Å². The van der Waals surface area contributed by atoms with Gasteiger partial charge in [0, 0.05) is 32.2 Å². The second-order valence-corrected chi connectivity index (χ2v) is 10.2. The first-order valence-electron chi connectivity index (χ1n) is 12.6. The highest BCUT2D eigenvalue weighted by Crippen LogP contribution is 2.29. The van der Waals surface area contributed by atoms with E-state index in [-0.39, 0.29) is 6.04 Å². The molecular formula is C28H34N6S. The van der Waals surface area contributed by atoms with Crippen LogP contribution in [0.15, 0.2) is 60.7 Å². The van der Waals surface area contributed by atoms with Crippen molar-refractivity contribution in [1.82, 2.24) is 15.3 Å². The number of nitrogens with one attached hydrogen (secondary N) is 2. The molecule has 0 saturated carbocycles. The largest absolute Gasteiger partial charge is 0.356 e. The van der Waals surface area contributed by atoms with Crippen molar-refractivity contribution in [3.63, 3.8) is 0 Å². The molecule has 35 heavy (non-hydrogen) atoms. The Labute approximate surface area is 213 Å². The van der Waals surface area contributed by atoms with Crippen LogP contribution < -0.4 is 20.4 Å². The van der Waals surface area contributed by atoms with Gasteiger partial charge in [0.25, 0.3) is 0 Å². The molecule has 0 amide bonds. The highest BCUT2D eigenvalue weighted by Gasteiger charge is 2.23. The lowest BCUT2D eigenvalue weighted by Crippen LogP contribution is -2.36. The molecule has 2 atom stereocenters. The summed E-state index contributed by atoms with van der Waals surface area (Å²) in [5.41, 5.74) is 3.98. The molecule has 2 aromatic carbocycles. The smallest absolute Gasteiger partial charge is 0.232 e. The zero-order valence-corrected chi connectivity index (χ0v) is 21.4. The van der Waals surface area contributed by atoms with Crippen LogP contribution in [0.2, 0.25) is 0 Å². The monoisotopic (exact) mass is 486 g/mol. The van der Waals surface area contributed by atoms with Crippen molar-refractivity contribution in [1.29, 1.82) is 0 Å². The second kappa shape index (κ2) is 10.6. The van der Waals surface area contributed by atoms with E-state index in [1.54, 1.807) is 0 Å². The van der Waals surface area contributed by atoms with Gasteiger partial charge in [-0.05, 0) is 61.0 Å². The SMILES string of the molecule is C[C@H]1CCCN(c2cc(N3CCc4ccccc4C3)nc(NC(=S)N[C@@H](C)c3ccccc3)n2)C1. The predicted molar refractivity (Wildman–Crippen MR) is 148 cm³/mol. The molecule has 2 aliphatic heterocycles. The lowest BCUT2D eigenvalue weighted by Gasteiger charge is -2.34. The number of thiocarbonyl (C=S) groups is 1. The molecule has 1 saturated heterocycles. The fourth-order valence-electron chi connectivity index (χ4n) is 5.05. The summed E-state index contributed by atoms with van der Waals surface area (Å²) < 4.78 is 0. The summed E-state index contributed by atoms with van der Waals surface area (Å²) in [6, 6.07) is 21.2.